The van der Waals surface area contributed by atoms with Crippen molar-refractivity contribution in [3.05, 3.63) is 0 Å². The lowest BCUT2D eigenvalue weighted by molar-refractivity contribution is -0.220. The number of hydrogen-bond donors (Lipinski definition) is 4. The van der Waals surface area contributed by atoms with Crippen LogP contribution in [0.3, 0.4) is 0 Å². The molecule has 2 amide bonds. The minimum Gasteiger partial charge on any atom is -0.394 e. The van der Waals surface area contributed by atoms with Crippen molar-refractivity contribution >= 4 is 23.8 Å². The number of carbonyl (C=O) groups is 2. The predicted molar refractivity (Wildman–Crippen MR) is 90.1 cm³/mol. The molecule has 1 aliphatic rings. The Kier molecular flexibility index (Phi) is 11.0. The van der Waals surface area contributed by atoms with Gasteiger partial charge in [0.1, 0.15) is 0 Å². The van der Waals surface area contributed by atoms with Gasteiger partial charge >= 0.3 is 0 Å². The molecule has 4 N–H and O–H groups in total. The van der Waals surface area contributed by atoms with Gasteiger partial charge in [0.25, 0.3) is 0 Å². The maximum atomic E-state index is 11.6. The Morgan fingerprint density at radius 1 is 1.25 bits per heavy atom. The molecule has 1 heterocycles. The summed E-state index contributed by atoms with van der Waals surface area (Å²) < 4.78 is 13.5. The summed E-state index contributed by atoms with van der Waals surface area (Å²) in [5, 5.41) is 21.4. The van der Waals surface area contributed by atoms with Crippen LogP contribution < -0.4 is 10.0 Å². The van der Waals surface area contributed by atoms with Gasteiger partial charge in [-0.15, -0.1) is 0 Å². The fourth-order valence-electron chi connectivity index (χ4n) is 2.38. The minimum absolute atomic E-state index is 0.0211. The van der Waals surface area contributed by atoms with Crippen molar-refractivity contribution in [1.82, 2.24) is 10.0 Å². The summed E-state index contributed by atoms with van der Waals surface area (Å²) in [4.78, 5) is 22.9. The van der Waals surface area contributed by atoms with E-state index in [1.54, 1.807) is 6.26 Å². The molecule has 3 atom stereocenters. The number of nitrogens with one attached hydrogen (secondary N) is 2. The number of carbonyl (C=O) groups excluding carboxylic acids is 2. The van der Waals surface area contributed by atoms with E-state index < -0.39 is 18.5 Å². The van der Waals surface area contributed by atoms with Crippen molar-refractivity contribution in [2.24, 2.45) is 0 Å². The second kappa shape index (κ2) is 12.5. The van der Waals surface area contributed by atoms with Gasteiger partial charge in [-0.2, -0.15) is 0 Å². The number of aliphatic hydroxyl groups excluding tert-OH is 2. The van der Waals surface area contributed by atoms with Gasteiger partial charge in [-0.25, -0.2) is 0 Å². The molecule has 0 aliphatic carbocycles. The summed E-state index contributed by atoms with van der Waals surface area (Å²) in [6.45, 7) is 0.478. The van der Waals surface area contributed by atoms with Gasteiger partial charge in [0.2, 0.25) is 11.8 Å². The lowest BCUT2D eigenvalue weighted by Gasteiger charge is -2.32. The topological polar surface area (TPSA) is 117 Å². The second-order valence-electron chi connectivity index (χ2n) is 5.65. The molecular formula is C15H28N2O6S. The zero-order chi connectivity index (χ0) is 17.8. The number of amides is 2. The third-order valence-corrected chi connectivity index (χ3v) is 3.98. The smallest absolute Gasteiger partial charge is 0.229 e. The van der Waals surface area contributed by atoms with E-state index >= 15 is 0 Å². The highest BCUT2D eigenvalue weighted by Crippen LogP contribution is 2.20. The van der Waals surface area contributed by atoms with Crippen molar-refractivity contribution in [2.45, 2.75) is 57.0 Å². The van der Waals surface area contributed by atoms with Crippen LogP contribution >= 0.6 is 11.9 Å². The lowest BCUT2D eigenvalue weighted by Crippen LogP contribution is -2.40. The Bertz CT molecular complexity index is 385. The fraction of sp³-hybridized carbons (Fsp3) is 0.867. The van der Waals surface area contributed by atoms with E-state index in [2.05, 4.69) is 10.0 Å². The Labute approximate surface area is 146 Å². The number of ether oxygens (including phenoxy) is 2. The average molecular weight is 364 g/mol. The predicted octanol–water partition coefficient (Wildman–Crippen LogP) is -0.0679. The zero-order valence-corrected chi connectivity index (χ0v) is 14.8. The van der Waals surface area contributed by atoms with Crippen LogP contribution in [0, 0.1) is 0 Å². The molecule has 0 radical (unpaired) electrons. The number of unbranched alkanes of at least 4 members (excludes halogenated alkanes) is 1. The Morgan fingerprint density at radius 3 is 2.62 bits per heavy atom. The van der Waals surface area contributed by atoms with Gasteiger partial charge in [-0.3, -0.25) is 9.59 Å². The summed E-state index contributed by atoms with van der Waals surface area (Å²) in [6, 6.07) is 0. The molecule has 9 heteroatoms. The third kappa shape index (κ3) is 9.43. The molecule has 3 unspecified atom stereocenters. The standard InChI is InChI=1S/C15H28N2O6S/c1-24-17-14(21)5-3-2-4-13(20)16-6-7-22-15-9-11(19)8-12(10-18)23-15/h11-12,15,18-19H,2-10H2,1H3,(H,16,20)(H,17,21). The lowest BCUT2D eigenvalue weighted by atomic mass is 10.1. The summed E-state index contributed by atoms with van der Waals surface area (Å²) in [5.74, 6) is -0.103. The fourth-order valence-corrected chi connectivity index (χ4v) is 2.71. The maximum Gasteiger partial charge on any atom is 0.229 e. The molecule has 0 aromatic heterocycles. The van der Waals surface area contributed by atoms with Crippen molar-refractivity contribution < 1.29 is 29.3 Å². The molecule has 24 heavy (non-hydrogen) atoms. The molecule has 0 aromatic carbocycles. The Hall–Kier alpha value is -0.870. The van der Waals surface area contributed by atoms with Crippen LogP contribution in [-0.2, 0) is 19.1 Å². The maximum absolute atomic E-state index is 11.6. The third-order valence-electron chi connectivity index (χ3n) is 3.55. The molecule has 1 saturated heterocycles. The van der Waals surface area contributed by atoms with Crippen molar-refractivity contribution in [1.29, 1.82) is 0 Å². The quantitative estimate of drug-likeness (QED) is 0.299. The molecule has 8 nitrogen and oxygen atoms in total. The van der Waals surface area contributed by atoms with Gasteiger partial charge in [0.15, 0.2) is 6.29 Å². The molecule has 1 fully saturated rings. The van der Waals surface area contributed by atoms with Crippen LogP contribution in [0.15, 0.2) is 0 Å². The van der Waals surface area contributed by atoms with E-state index in [0.29, 0.717) is 45.1 Å². The summed E-state index contributed by atoms with van der Waals surface area (Å²) in [7, 11) is 0. The second-order valence-corrected chi connectivity index (χ2v) is 6.27. The van der Waals surface area contributed by atoms with Crippen molar-refractivity contribution in [2.75, 3.05) is 26.0 Å². The van der Waals surface area contributed by atoms with Crippen LogP contribution in [0.2, 0.25) is 0 Å². The molecule has 0 bridgehead atoms. The number of hydrogen-bond acceptors (Lipinski definition) is 7. The van der Waals surface area contributed by atoms with Gasteiger partial charge in [-0.05, 0) is 12.8 Å². The molecule has 1 aliphatic heterocycles. The molecule has 140 valence electrons. The first kappa shape index (κ1) is 21.2. The van der Waals surface area contributed by atoms with E-state index in [-0.39, 0.29) is 25.0 Å². The van der Waals surface area contributed by atoms with Gasteiger partial charge in [0.05, 0.1) is 25.4 Å². The highest BCUT2D eigenvalue weighted by Gasteiger charge is 2.28. The Morgan fingerprint density at radius 2 is 1.96 bits per heavy atom. The molecule has 0 saturated carbocycles. The number of rotatable bonds is 11. The SMILES string of the molecule is CSNC(=O)CCCCC(=O)NCCOC1CC(O)CC(CO)O1. The first-order valence-corrected chi connectivity index (χ1v) is 9.42. The van der Waals surface area contributed by atoms with E-state index in [1.807, 2.05) is 0 Å². The van der Waals surface area contributed by atoms with E-state index in [9.17, 15) is 14.7 Å². The van der Waals surface area contributed by atoms with Crippen LogP contribution in [0.5, 0.6) is 0 Å². The molecular weight excluding hydrogens is 336 g/mol. The Balaban J connectivity index is 2.02. The summed E-state index contributed by atoms with van der Waals surface area (Å²) in [6.07, 6.45) is 3.17. The van der Waals surface area contributed by atoms with E-state index in [0.717, 1.165) is 0 Å². The van der Waals surface area contributed by atoms with Gasteiger partial charge < -0.3 is 29.7 Å². The number of aliphatic hydroxyl groups is 2. The normalized spacial score (nSPS) is 23.7. The van der Waals surface area contributed by atoms with Gasteiger partial charge in [0, 0.05) is 38.5 Å². The van der Waals surface area contributed by atoms with Crippen LogP contribution in [0.1, 0.15) is 38.5 Å². The molecule has 0 spiro atoms. The molecule has 1 rings (SSSR count). The monoisotopic (exact) mass is 364 g/mol. The minimum atomic E-state index is -0.558. The van der Waals surface area contributed by atoms with Crippen molar-refractivity contribution in [3.63, 3.8) is 0 Å². The first-order valence-electron chi connectivity index (χ1n) is 8.19. The van der Waals surface area contributed by atoms with E-state index in [4.69, 9.17) is 14.6 Å². The largest absolute Gasteiger partial charge is 0.394 e. The van der Waals surface area contributed by atoms with Gasteiger partial charge in [-0.1, -0.05) is 11.9 Å². The van der Waals surface area contributed by atoms with Crippen LogP contribution in [0.25, 0.3) is 0 Å². The average Bonchev–Trinajstić information content (AvgIpc) is 2.55. The summed E-state index contributed by atoms with van der Waals surface area (Å²) >= 11 is 1.27. The van der Waals surface area contributed by atoms with Crippen molar-refractivity contribution in [3.8, 4) is 0 Å². The van der Waals surface area contributed by atoms with Crippen LogP contribution in [-0.4, -0.2) is 66.5 Å². The van der Waals surface area contributed by atoms with Crippen LogP contribution in [0.4, 0.5) is 0 Å². The first-order chi connectivity index (χ1) is 11.5. The highest BCUT2D eigenvalue weighted by atomic mass is 32.2. The van der Waals surface area contributed by atoms with E-state index in [1.165, 1.54) is 11.9 Å². The zero-order valence-electron chi connectivity index (χ0n) is 14.0. The molecule has 0 aromatic rings. The highest BCUT2D eigenvalue weighted by molar-refractivity contribution is 7.97. The summed E-state index contributed by atoms with van der Waals surface area (Å²) in [5.41, 5.74) is 0.